The SMILES string of the molecule is O=C(N/N=C/c1cccc2nccnc12)[C@H]1C[C@@H]1c1ccccc1. The molecule has 4 rings (SSSR count). The Hall–Kier alpha value is -3.08. The van der Waals surface area contributed by atoms with Crippen molar-refractivity contribution in [2.45, 2.75) is 12.3 Å². The van der Waals surface area contributed by atoms with Crippen molar-refractivity contribution in [1.82, 2.24) is 15.4 Å². The van der Waals surface area contributed by atoms with Gasteiger partial charge in [0.15, 0.2) is 0 Å². The molecule has 24 heavy (non-hydrogen) atoms. The molecule has 5 heteroatoms. The van der Waals surface area contributed by atoms with E-state index in [1.54, 1.807) is 18.6 Å². The van der Waals surface area contributed by atoms with Gasteiger partial charge in [-0.2, -0.15) is 5.10 Å². The summed E-state index contributed by atoms with van der Waals surface area (Å²) in [6, 6.07) is 15.8. The topological polar surface area (TPSA) is 67.2 Å². The van der Waals surface area contributed by atoms with Gasteiger partial charge in [0.2, 0.25) is 5.91 Å². The maximum atomic E-state index is 12.2. The van der Waals surface area contributed by atoms with Gasteiger partial charge in [0.1, 0.15) is 0 Å². The van der Waals surface area contributed by atoms with Crippen LogP contribution in [0.1, 0.15) is 23.5 Å². The second-order valence-electron chi connectivity index (χ2n) is 5.86. The third-order valence-electron chi connectivity index (χ3n) is 4.26. The first kappa shape index (κ1) is 14.5. The summed E-state index contributed by atoms with van der Waals surface area (Å²) in [5, 5.41) is 4.09. The van der Waals surface area contributed by atoms with E-state index in [0.717, 1.165) is 23.0 Å². The van der Waals surface area contributed by atoms with Crippen LogP contribution in [0, 0.1) is 5.92 Å². The van der Waals surface area contributed by atoms with Gasteiger partial charge < -0.3 is 0 Å². The Morgan fingerprint density at radius 1 is 1.08 bits per heavy atom. The average molecular weight is 316 g/mol. The first-order chi connectivity index (χ1) is 11.8. The molecule has 0 bridgehead atoms. The van der Waals surface area contributed by atoms with Crippen LogP contribution in [0.4, 0.5) is 0 Å². The van der Waals surface area contributed by atoms with Gasteiger partial charge in [0.05, 0.1) is 17.2 Å². The number of benzene rings is 2. The van der Waals surface area contributed by atoms with E-state index in [1.165, 1.54) is 5.56 Å². The molecule has 0 saturated heterocycles. The van der Waals surface area contributed by atoms with E-state index in [1.807, 2.05) is 36.4 Å². The Morgan fingerprint density at radius 3 is 2.79 bits per heavy atom. The van der Waals surface area contributed by atoms with Crippen molar-refractivity contribution in [2.75, 3.05) is 0 Å². The van der Waals surface area contributed by atoms with Gasteiger partial charge in [0.25, 0.3) is 0 Å². The number of hydrogen-bond acceptors (Lipinski definition) is 4. The maximum Gasteiger partial charge on any atom is 0.243 e. The molecule has 0 aliphatic heterocycles. The Labute approximate surface area is 139 Å². The minimum absolute atomic E-state index is 0.0110. The van der Waals surface area contributed by atoms with Crippen molar-refractivity contribution >= 4 is 23.2 Å². The Bertz CT molecular complexity index is 902. The van der Waals surface area contributed by atoms with Gasteiger partial charge in [-0.25, -0.2) is 5.43 Å². The van der Waals surface area contributed by atoms with Crippen molar-refractivity contribution in [2.24, 2.45) is 11.0 Å². The van der Waals surface area contributed by atoms with Crippen LogP contribution in [0.5, 0.6) is 0 Å². The average Bonchev–Trinajstić information content (AvgIpc) is 3.43. The molecule has 3 aromatic rings. The lowest BCUT2D eigenvalue weighted by atomic mass is 10.1. The van der Waals surface area contributed by atoms with E-state index in [2.05, 4.69) is 32.6 Å². The van der Waals surface area contributed by atoms with Crippen LogP contribution in [0.15, 0.2) is 66.0 Å². The lowest BCUT2D eigenvalue weighted by molar-refractivity contribution is -0.122. The standard InChI is InChI=1S/C19H16N4O/c24-19(16-11-15(16)13-5-2-1-3-6-13)23-22-12-14-7-4-8-17-18(14)21-10-9-20-17/h1-10,12,15-16H,11H2,(H,23,24)/b22-12+/t15-,16+/m1/s1. The van der Waals surface area contributed by atoms with Crippen LogP contribution in [0.2, 0.25) is 0 Å². The van der Waals surface area contributed by atoms with Crippen LogP contribution < -0.4 is 5.43 Å². The molecule has 1 N–H and O–H groups in total. The number of hydrazone groups is 1. The summed E-state index contributed by atoms with van der Waals surface area (Å²) in [4.78, 5) is 20.8. The molecular weight excluding hydrogens is 300 g/mol. The number of nitrogens with one attached hydrogen (secondary N) is 1. The molecule has 1 heterocycles. The number of hydrogen-bond donors (Lipinski definition) is 1. The van der Waals surface area contributed by atoms with Crippen LogP contribution >= 0.6 is 0 Å². The maximum absolute atomic E-state index is 12.2. The molecule has 0 unspecified atom stereocenters. The number of rotatable bonds is 4. The number of carbonyl (C=O) groups excluding carboxylic acids is 1. The first-order valence-corrected chi connectivity index (χ1v) is 7.90. The largest absolute Gasteiger partial charge is 0.273 e. The Kier molecular flexibility index (Phi) is 3.75. The molecule has 2 aromatic carbocycles. The van der Waals surface area contributed by atoms with Gasteiger partial charge in [0, 0.05) is 23.9 Å². The van der Waals surface area contributed by atoms with Gasteiger partial charge in [-0.1, -0.05) is 42.5 Å². The summed E-state index contributed by atoms with van der Waals surface area (Å²) in [6.45, 7) is 0. The number of aromatic nitrogens is 2. The summed E-state index contributed by atoms with van der Waals surface area (Å²) in [5.74, 6) is 0.285. The minimum Gasteiger partial charge on any atom is -0.273 e. The smallest absolute Gasteiger partial charge is 0.243 e. The fraction of sp³-hybridized carbons (Fsp3) is 0.158. The highest BCUT2D eigenvalue weighted by Gasteiger charge is 2.43. The molecule has 1 amide bonds. The molecule has 2 atom stereocenters. The van der Waals surface area contributed by atoms with Gasteiger partial charge in [-0.05, 0) is 24.0 Å². The van der Waals surface area contributed by atoms with Gasteiger partial charge >= 0.3 is 0 Å². The molecule has 1 aliphatic rings. The van der Waals surface area contributed by atoms with Gasteiger partial charge in [-0.3, -0.25) is 14.8 Å². The summed E-state index contributed by atoms with van der Waals surface area (Å²) in [7, 11) is 0. The van der Waals surface area contributed by atoms with E-state index in [-0.39, 0.29) is 11.8 Å². The fourth-order valence-electron chi connectivity index (χ4n) is 2.92. The molecule has 5 nitrogen and oxygen atoms in total. The predicted molar refractivity (Wildman–Crippen MR) is 92.6 cm³/mol. The number of amides is 1. The van der Waals surface area contributed by atoms with Crippen molar-refractivity contribution in [3.8, 4) is 0 Å². The lowest BCUT2D eigenvalue weighted by Crippen LogP contribution is -2.20. The Morgan fingerprint density at radius 2 is 1.92 bits per heavy atom. The van der Waals surface area contributed by atoms with E-state index >= 15 is 0 Å². The molecule has 1 fully saturated rings. The van der Waals surface area contributed by atoms with Crippen LogP contribution in [-0.2, 0) is 4.79 Å². The first-order valence-electron chi connectivity index (χ1n) is 7.90. The zero-order valence-corrected chi connectivity index (χ0v) is 13.0. The number of para-hydroxylation sites is 1. The number of fused-ring (bicyclic) bond motifs is 1. The molecule has 1 aromatic heterocycles. The van der Waals surface area contributed by atoms with E-state index in [0.29, 0.717) is 5.92 Å². The second kappa shape index (κ2) is 6.20. The molecule has 118 valence electrons. The summed E-state index contributed by atoms with van der Waals surface area (Å²) < 4.78 is 0. The third kappa shape index (κ3) is 2.88. The summed E-state index contributed by atoms with van der Waals surface area (Å²) in [6.07, 6.45) is 5.80. The predicted octanol–water partition coefficient (Wildman–Crippen LogP) is 2.88. The van der Waals surface area contributed by atoms with E-state index in [9.17, 15) is 4.79 Å². The quantitative estimate of drug-likeness (QED) is 0.594. The summed E-state index contributed by atoms with van der Waals surface area (Å²) in [5.41, 5.74) is 6.26. The monoisotopic (exact) mass is 316 g/mol. The van der Waals surface area contributed by atoms with Crippen molar-refractivity contribution in [3.05, 3.63) is 72.1 Å². The van der Waals surface area contributed by atoms with Crippen LogP contribution in [-0.4, -0.2) is 22.1 Å². The summed E-state index contributed by atoms with van der Waals surface area (Å²) >= 11 is 0. The van der Waals surface area contributed by atoms with E-state index < -0.39 is 0 Å². The highest BCUT2D eigenvalue weighted by molar-refractivity contribution is 5.96. The zero-order valence-electron chi connectivity index (χ0n) is 13.0. The number of carbonyl (C=O) groups is 1. The molecular formula is C19H16N4O. The molecule has 1 saturated carbocycles. The van der Waals surface area contributed by atoms with E-state index in [4.69, 9.17) is 0 Å². The normalized spacial score (nSPS) is 19.5. The van der Waals surface area contributed by atoms with Crippen LogP contribution in [0.3, 0.4) is 0 Å². The van der Waals surface area contributed by atoms with Crippen molar-refractivity contribution < 1.29 is 4.79 Å². The lowest BCUT2D eigenvalue weighted by Gasteiger charge is -2.01. The highest BCUT2D eigenvalue weighted by Crippen LogP contribution is 2.47. The molecule has 0 radical (unpaired) electrons. The van der Waals surface area contributed by atoms with Crippen molar-refractivity contribution in [1.29, 1.82) is 0 Å². The third-order valence-corrected chi connectivity index (χ3v) is 4.26. The zero-order chi connectivity index (χ0) is 16.4. The fourth-order valence-corrected chi connectivity index (χ4v) is 2.92. The second-order valence-corrected chi connectivity index (χ2v) is 5.86. The van der Waals surface area contributed by atoms with Crippen LogP contribution in [0.25, 0.3) is 11.0 Å². The van der Waals surface area contributed by atoms with Crippen molar-refractivity contribution in [3.63, 3.8) is 0 Å². The molecule has 1 aliphatic carbocycles. The van der Waals surface area contributed by atoms with Gasteiger partial charge in [-0.15, -0.1) is 0 Å². The highest BCUT2D eigenvalue weighted by atomic mass is 16.2. The number of nitrogens with zero attached hydrogens (tertiary/aromatic N) is 3. The minimum atomic E-state index is -0.0357. The molecule has 0 spiro atoms. The Balaban J connectivity index is 1.42.